The van der Waals surface area contributed by atoms with Gasteiger partial charge in [-0.2, -0.15) is 0 Å². The van der Waals surface area contributed by atoms with Gasteiger partial charge in [-0.3, -0.25) is 9.55 Å². The third-order valence-corrected chi connectivity index (χ3v) is 12.2. The summed E-state index contributed by atoms with van der Waals surface area (Å²) >= 11 is 0. The predicted octanol–water partition coefficient (Wildman–Crippen LogP) is 15.3. The van der Waals surface area contributed by atoms with Gasteiger partial charge in [-0.05, 0) is 145 Å². The molecule has 7 aromatic carbocycles. The number of rotatable bonds is 5. The highest BCUT2D eigenvalue weighted by molar-refractivity contribution is 6.02. The van der Waals surface area contributed by atoms with E-state index in [0.717, 1.165) is 61.2 Å². The molecule has 0 radical (unpaired) electrons. The van der Waals surface area contributed by atoms with Crippen LogP contribution in [0.4, 0.5) is 0 Å². The lowest BCUT2D eigenvalue weighted by molar-refractivity contribution is 0.475. The minimum Gasteiger partial charge on any atom is -0.507 e. The summed E-state index contributed by atoms with van der Waals surface area (Å²) in [6, 6.07) is 50.2. The van der Waals surface area contributed by atoms with Gasteiger partial charge in [0.1, 0.15) is 11.6 Å². The Kier molecular flexibility index (Phi) is 9.55. The Labute approximate surface area is 360 Å². The van der Waals surface area contributed by atoms with E-state index in [1.165, 1.54) is 32.8 Å². The number of aromatic hydroxyl groups is 1. The zero-order valence-electron chi connectivity index (χ0n) is 37.1. The second-order valence-corrected chi connectivity index (χ2v) is 19.9. The van der Waals surface area contributed by atoms with Crippen LogP contribution in [0.25, 0.3) is 83.2 Å². The Morgan fingerprint density at radius 1 is 0.492 bits per heavy atom. The Bertz CT molecular complexity index is 3150. The molecule has 9 rings (SSSR count). The molecule has 0 unspecified atom stereocenters. The number of benzene rings is 7. The van der Waals surface area contributed by atoms with E-state index in [4.69, 9.17) is 9.97 Å². The highest BCUT2D eigenvalue weighted by atomic mass is 16.3. The van der Waals surface area contributed by atoms with Crippen LogP contribution in [0.3, 0.4) is 0 Å². The van der Waals surface area contributed by atoms with Gasteiger partial charge < -0.3 is 5.11 Å². The van der Waals surface area contributed by atoms with Crippen molar-refractivity contribution in [2.75, 3.05) is 0 Å². The molecule has 0 saturated carbocycles. The minimum absolute atomic E-state index is 0.00837. The number of aromatic nitrogens is 3. The van der Waals surface area contributed by atoms with Crippen LogP contribution >= 0.6 is 0 Å². The molecular weight excluding hydrogens is 743 g/mol. The fourth-order valence-corrected chi connectivity index (χ4v) is 8.79. The number of hydrogen-bond donors (Lipinski definition) is 1. The van der Waals surface area contributed by atoms with Crippen LogP contribution in [0.2, 0.25) is 0 Å². The monoisotopic (exact) mass is 797 g/mol. The standard InChI is InChI=1S/C57H55N3O/c1-35-28-45(52-47(29-35)49(26-27-58-52)57(8,9)10)39-16-13-17-40(31-39)46-32-41(38-19-18-36-14-11-12-15-37(36)30-38)33-50-53(46)59-54(48-34-43(56(5,6)7)22-25-51(48)61)60(50)44-23-20-42(21-24-44)55(2,3)4/h11-34,61H,1-10H3. The lowest BCUT2D eigenvalue weighted by Crippen LogP contribution is -2.12. The Morgan fingerprint density at radius 3 is 1.85 bits per heavy atom. The van der Waals surface area contributed by atoms with Crippen molar-refractivity contribution in [3.63, 3.8) is 0 Å². The molecule has 304 valence electrons. The van der Waals surface area contributed by atoms with Crippen LogP contribution in [0.1, 0.15) is 84.6 Å². The van der Waals surface area contributed by atoms with Gasteiger partial charge in [-0.1, -0.05) is 135 Å². The van der Waals surface area contributed by atoms with Crippen LogP contribution in [0.15, 0.2) is 146 Å². The summed E-state index contributed by atoms with van der Waals surface area (Å²) in [6.45, 7) is 22.3. The molecule has 61 heavy (non-hydrogen) atoms. The molecule has 0 aliphatic heterocycles. The molecule has 0 bridgehead atoms. The Balaban J connectivity index is 1.36. The maximum atomic E-state index is 11.7. The van der Waals surface area contributed by atoms with Crippen molar-refractivity contribution in [1.82, 2.24) is 14.5 Å². The van der Waals surface area contributed by atoms with Gasteiger partial charge in [0.25, 0.3) is 0 Å². The normalized spacial score (nSPS) is 12.5. The molecule has 0 saturated heterocycles. The zero-order chi connectivity index (χ0) is 43.0. The van der Waals surface area contributed by atoms with Gasteiger partial charge in [0, 0.05) is 28.4 Å². The molecule has 0 aliphatic rings. The predicted molar refractivity (Wildman–Crippen MR) is 258 cm³/mol. The Hall–Kier alpha value is -6.52. The number of phenolic OH excluding ortho intramolecular Hbond substituents is 1. The summed E-state index contributed by atoms with van der Waals surface area (Å²) in [7, 11) is 0. The molecule has 4 nitrogen and oxygen atoms in total. The van der Waals surface area contributed by atoms with E-state index in [9.17, 15) is 5.11 Å². The topological polar surface area (TPSA) is 50.9 Å². The van der Waals surface area contributed by atoms with Gasteiger partial charge in [-0.15, -0.1) is 0 Å². The molecule has 0 aliphatic carbocycles. The largest absolute Gasteiger partial charge is 0.507 e. The summed E-state index contributed by atoms with van der Waals surface area (Å²) in [5.74, 6) is 0.890. The molecule has 0 atom stereocenters. The molecular formula is C57H55N3O. The third-order valence-electron chi connectivity index (χ3n) is 12.2. The second-order valence-electron chi connectivity index (χ2n) is 19.9. The number of phenols is 1. The van der Waals surface area contributed by atoms with Gasteiger partial charge in [-0.25, -0.2) is 4.98 Å². The molecule has 4 heteroatoms. The maximum Gasteiger partial charge on any atom is 0.149 e. The first kappa shape index (κ1) is 39.9. The van der Waals surface area contributed by atoms with E-state index >= 15 is 0 Å². The van der Waals surface area contributed by atoms with Crippen LogP contribution in [-0.2, 0) is 16.2 Å². The fourth-order valence-electron chi connectivity index (χ4n) is 8.79. The van der Waals surface area contributed by atoms with E-state index < -0.39 is 0 Å². The van der Waals surface area contributed by atoms with Crippen LogP contribution < -0.4 is 0 Å². The molecule has 0 amide bonds. The number of imidazole rings is 1. The van der Waals surface area contributed by atoms with Crippen LogP contribution in [-0.4, -0.2) is 19.6 Å². The summed E-state index contributed by atoms with van der Waals surface area (Å²) in [4.78, 5) is 10.6. The van der Waals surface area contributed by atoms with Gasteiger partial charge in [0.15, 0.2) is 0 Å². The van der Waals surface area contributed by atoms with E-state index in [2.05, 4.69) is 201 Å². The van der Waals surface area contributed by atoms with Gasteiger partial charge in [0.2, 0.25) is 0 Å². The first-order chi connectivity index (χ1) is 28.9. The highest BCUT2D eigenvalue weighted by Crippen LogP contribution is 2.43. The maximum absolute atomic E-state index is 11.7. The van der Waals surface area contributed by atoms with Crippen molar-refractivity contribution < 1.29 is 5.11 Å². The highest BCUT2D eigenvalue weighted by Gasteiger charge is 2.25. The minimum atomic E-state index is -0.134. The SMILES string of the molecule is Cc1cc(-c2cccc(-c3cc(-c4ccc5ccccc5c4)cc4c3nc(-c3cc(C(C)(C)C)ccc3O)n4-c3ccc(C(C)(C)C)cc3)c2)c2nccc(C(C)(C)C)c2c1. The quantitative estimate of drug-likeness (QED) is 0.189. The summed E-state index contributed by atoms with van der Waals surface area (Å²) in [6.07, 6.45) is 1.95. The van der Waals surface area contributed by atoms with E-state index in [0.29, 0.717) is 11.4 Å². The second kappa shape index (κ2) is 14.6. The number of hydrogen-bond acceptors (Lipinski definition) is 3. The van der Waals surface area contributed by atoms with Crippen molar-refractivity contribution in [1.29, 1.82) is 0 Å². The summed E-state index contributed by atoms with van der Waals surface area (Å²) in [5.41, 5.74) is 15.7. The average Bonchev–Trinajstić information content (AvgIpc) is 3.61. The fraction of sp³-hybridized carbons (Fsp3) is 0.228. The molecule has 1 N–H and O–H groups in total. The number of aryl methyl sites for hydroxylation is 1. The smallest absolute Gasteiger partial charge is 0.149 e. The Morgan fingerprint density at radius 2 is 1.16 bits per heavy atom. The third kappa shape index (κ3) is 7.39. The van der Waals surface area contributed by atoms with Crippen LogP contribution in [0.5, 0.6) is 5.75 Å². The van der Waals surface area contributed by atoms with Crippen molar-refractivity contribution in [3.05, 3.63) is 168 Å². The van der Waals surface area contributed by atoms with Crippen molar-refractivity contribution in [3.8, 4) is 56.2 Å². The molecule has 2 heterocycles. The number of nitrogens with zero attached hydrogens (tertiary/aromatic N) is 3. The first-order valence-electron chi connectivity index (χ1n) is 21.5. The van der Waals surface area contributed by atoms with Crippen LogP contribution in [0, 0.1) is 6.92 Å². The van der Waals surface area contributed by atoms with Crippen molar-refractivity contribution >= 4 is 32.7 Å². The first-order valence-corrected chi connectivity index (χ1v) is 21.5. The molecule has 0 spiro atoms. The number of pyridine rings is 1. The molecule has 2 aromatic heterocycles. The summed E-state index contributed by atoms with van der Waals surface area (Å²) in [5, 5.41) is 15.3. The summed E-state index contributed by atoms with van der Waals surface area (Å²) < 4.78 is 2.24. The van der Waals surface area contributed by atoms with E-state index in [-0.39, 0.29) is 22.0 Å². The average molecular weight is 798 g/mol. The zero-order valence-corrected chi connectivity index (χ0v) is 37.1. The van der Waals surface area contributed by atoms with Gasteiger partial charge >= 0.3 is 0 Å². The molecule has 9 aromatic rings. The van der Waals surface area contributed by atoms with Crippen molar-refractivity contribution in [2.45, 2.75) is 85.5 Å². The van der Waals surface area contributed by atoms with Gasteiger partial charge in [0.05, 0.1) is 22.1 Å². The number of fused-ring (bicyclic) bond motifs is 3. The lowest BCUT2D eigenvalue weighted by Gasteiger charge is -2.22. The van der Waals surface area contributed by atoms with E-state index in [1.54, 1.807) is 0 Å². The van der Waals surface area contributed by atoms with E-state index in [1.807, 2.05) is 18.3 Å². The van der Waals surface area contributed by atoms with Crippen molar-refractivity contribution in [2.24, 2.45) is 0 Å². The lowest BCUT2D eigenvalue weighted by atomic mass is 9.83. The molecule has 0 fully saturated rings.